The summed E-state index contributed by atoms with van der Waals surface area (Å²) in [6.45, 7) is 3.50. The molecule has 4 nitrogen and oxygen atoms in total. The zero-order valence-electron chi connectivity index (χ0n) is 11.7. The van der Waals surface area contributed by atoms with Gasteiger partial charge in [0.2, 0.25) is 0 Å². The van der Waals surface area contributed by atoms with Crippen molar-refractivity contribution in [2.24, 2.45) is 0 Å². The van der Waals surface area contributed by atoms with Gasteiger partial charge >= 0.3 is 0 Å². The summed E-state index contributed by atoms with van der Waals surface area (Å²) in [4.78, 5) is 13.7. The first kappa shape index (κ1) is 16.4. The van der Waals surface area contributed by atoms with Crippen LogP contribution in [0.4, 0.5) is 14.5 Å². The second-order valence-electron chi connectivity index (χ2n) is 4.52. The predicted molar refractivity (Wildman–Crippen MR) is 73.3 cm³/mol. The number of hydrogen-bond donors (Lipinski definition) is 2. The molecule has 0 unspecified atom stereocenters. The highest BCUT2D eigenvalue weighted by molar-refractivity contribution is 5.96. The van der Waals surface area contributed by atoms with Gasteiger partial charge in [-0.25, -0.2) is 8.78 Å². The van der Waals surface area contributed by atoms with E-state index in [1.165, 1.54) is 4.90 Å². The van der Waals surface area contributed by atoms with Crippen molar-refractivity contribution in [3.63, 3.8) is 0 Å². The van der Waals surface area contributed by atoms with E-state index in [1.807, 2.05) is 13.8 Å². The molecule has 1 aromatic carbocycles. The molecule has 1 aromatic rings. The minimum atomic E-state index is -1.05. The van der Waals surface area contributed by atoms with Crippen molar-refractivity contribution in [1.82, 2.24) is 4.90 Å². The average molecular weight is 286 g/mol. The number of carbonyl (C=O) groups excluding carboxylic acids is 1. The van der Waals surface area contributed by atoms with Crippen molar-refractivity contribution in [2.75, 3.05) is 18.9 Å². The molecule has 0 bridgehead atoms. The van der Waals surface area contributed by atoms with E-state index in [1.54, 1.807) is 0 Å². The highest BCUT2D eigenvalue weighted by Crippen LogP contribution is 2.22. The molecule has 0 saturated heterocycles. The smallest absolute Gasteiger partial charge is 0.260 e. The number of hydrogen-bond acceptors (Lipinski definition) is 3. The first-order chi connectivity index (χ1) is 9.47. The molecule has 0 aliphatic carbocycles. The molecule has 6 heteroatoms. The van der Waals surface area contributed by atoms with E-state index in [2.05, 4.69) is 0 Å². The lowest BCUT2D eigenvalue weighted by Gasteiger charge is -2.30. The van der Waals surface area contributed by atoms with Gasteiger partial charge < -0.3 is 15.7 Å². The van der Waals surface area contributed by atoms with Gasteiger partial charge in [-0.3, -0.25) is 4.79 Å². The SMILES string of the molecule is CCC(CC)N(CCO)C(=O)c1c(F)ccc(N)c1F. The molecule has 0 atom stereocenters. The lowest BCUT2D eigenvalue weighted by Crippen LogP contribution is -2.42. The van der Waals surface area contributed by atoms with Crippen LogP contribution in [-0.4, -0.2) is 35.1 Å². The van der Waals surface area contributed by atoms with E-state index in [0.717, 1.165) is 12.1 Å². The van der Waals surface area contributed by atoms with E-state index in [4.69, 9.17) is 10.8 Å². The molecule has 112 valence electrons. The summed E-state index contributed by atoms with van der Waals surface area (Å²) in [5, 5.41) is 9.06. The molecule has 20 heavy (non-hydrogen) atoms. The van der Waals surface area contributed by atoms with E-state index in [0.29, 0.717) is 12.8 Å². The summed E-state index contributed by atoms with van der Waals surface area (Å²) < 4.78 is 27.7. The molecule has 1 amide bonds. The number of halogens is 2. The van der Waals surface area contributed by atoms with Gasteiger partial charge in [0.05, 0.1) is 12.3 Å². The average Bonchev–Trinajstić information content (AvgIpc) is 2.43. The van der Waals surface area contributed by atoms with Gasteiger partial charge in [0, 0.05) is 12.6 Å². The molecule has 0 aliphatic heterocycles. The van der Waals surface area contributed by atoms with Crippen LogP contribution in [0.5, 0.6) is 0 Å². The summed E-state index contributed by atoms with van der Waals surface area (Å²) in [6, 6.07) is 1.86. The second-order valence-corrected chi connectivity index (χ2v) is 4.52. The van der Waals surface area contributed by atoms with E-state index in [-0.39, 0.29) is 24.9 Å². The van der Waals surface area contributed by atoms with E-state index >= 15 is 0 Å². The van der Waals surface area contributed by atoms with Crippen LogP contribution in [0.2, 0.25) is 0 Å². The number of anilines is 1. The Morgan fingerprint density at radius 3 is 2.45 bits per heavy atom. The second kappa shape index (κ2) is 7.19. The van der Waals surface area contributed by atoms with Crippen LogP contribution in [-0.2, 0) is 0 Å². The maximum Gasteiger partial charge on any atom is 0.260 e. The maximum absolute atomic E-state index is 13.9. The van der Waals surface area contributed by atoms with Crippen molar-refractivity contribution in [2.45, 2.75) is 32.7 Å². The fourth-order valence-electron chi connectivity index (χ4n) is 2.20. The number of benzene rings is 1. The minimum absolute atomic E-state index is 0.0266. The van der Waals surface area contributed by atoms with Gasteiger partial charge in [0.15, 0.2) is 5.82 Å². The maximum atomic E-state index is 13.9. The van der Waals surface area contributed by atoms with Crippen LogP contribution in [0, 0.1) is 11.6 Å². The molecule has 0 spiro atoms. The zero-order valence-corrected chi connectivity index (χ0v) is 11.7. The Hall–Kier alpha value is -1.69. The summed E-state index contributed by atoms with van der Waals surface area (Å²) in [6.07, 6.45) is 1.27. The lowest BCUT2D eigenvalue weighted by molar-refractivity contribution is 0.0612. The third-order valence-corrected chi connectivity index (χ3v) is 3.32. The van der Waals surface area contributed by atoms with Crippen molar-refractivity contribution >= 4 is 11.6 Å². The number of nitrogens with zero attached hydrogens (tertiary/aromatic N) is 1. The number of aliphatic hydroxyl groups excluding tert-OH is 1. The normalized spacial score (nSPS) is 10.9. The van der Waals surface area contributed by atoms with E-state index < -0.39 is 23.1 Å². The van der Waals surface area contributed by atoms with Crippen LogP contribution >= 0.6 is 0 Å². The van der Waals surface area contributed by atoms with Crippen LogP contribution in [0.3, 0.4) is 0 Å². The largest absolute Gasteiger partial charge is 0.396 e. The van der Waals surface area contributed by atoms with E-state index in [9.17, 15) is 13.6 Å². The topological polar surface area (TPSA) is 66.6 Å². The number of rotatable bonds is 6. The van der Waals surface area contributed by atoms with Crippen LogP contribution in [0.15, 0.2) is 12.1 Å². The van der Waals surface area contributed by atoms with Gasteiger partial charge in [-0.05, 0) is 25.0 Å². The Labute approximate surface area is 117 Å². The van der Waals surface area contributed by atoms with Gasteiger partial charge in [-0.15, -0.1) is 0 Å². The first-order valence-electron chi connectivity index (χ1n) is 6.63. The fraction of sp³-hybridized carbons (Fsp3) is 0.500. The molecule has 0 radical (unpaired) electrons. The molecule has 0 aliphatic rings. The molecular formula is C14H20F2N2O2. The van der Waals surface area contributed by atoms with Crippen LogP contribution < -0.4 is 5.73 Å². The zero-order chi connectivity index (χ0) is 15.3. The van der Waals surface area contributed by atoms with Crippen LogP contribution in [0.1, 0.15) is 37.0 Å². The number of nitrogen functional groups attached to an aromatic ring is 1. The number of nitrogens with two attached hydrogens (primary N) is 1. The summed E-state index contributed by atoms with van der Waals surface area (Å²) in [7, 11) is 0. The summed E-state index contributed by atoms with van der Waals surface area (Å²) >= 11 is 0. The van der Waals surface area contributed by atoms with Gasteiger partial charge in [-0.2, -0.15) is 0 Å². The van der Waals surface area contributed by atoms with Gasteiger partial charge in [-0.1, -0.05) is 13.8 Å². The third-order valence-electron chi connectivity index (χ3n) is 3.32. The van der Waals surface area contributed by atoms with Crippen LogP contribution in [0.25, 0.3) is 0 Å². The summed E-state index contributed by atoms with van der Waals surface area (Å²) in [5.74, 6) is -2.78. The first-order valence-corrected chi connectivity index (χ1v) is 6.63. The van der Waals surface area contributed by atoms with Crippen molar-refractivity contribution in [3.05, 3.63) is 29.3 Å². The predicted octanol–water partition coefficient (Wildman–Crippen LogP) is 2.17. The summed E-state index contributed by atoms with van der Waals surface area (Å²) in [5.41, 5.74) is 4.44. The highest BCUT2D eigenvalue weighted by atomic mass is 19.1. The quantitative estimate of drug-likeness (QED) is 0.788. The molecule has 0 saturated carbocycles. The highest BCUT2D eigenvalue weighted by Gasteiger charge is 2.27. The Balaban J connectivity index is 3.22. The Morgan fingerprint density at radius 1 is 1.35 bits per heavy atom. The molecule has 0 aromatic heterocycles. The van der Waals surface area contributed by atoms with Crippen molar-refractivity contribution < 1.29 is 18.7 Å². The number of aliphatic hydroxyl groups is 1. The Kier molecular flexibility index (Phi) is 5.88. The van der Waals surface area contributed by atoms with Crippen molar-refractivity contribution in [1.29, 1.82) is 0 Å². The molecule has 1 rings (SSSR count). The standard InChI is InChI=1S/C14H20F2N2O2/c1-3-9(4-2)18(7-8-19)14(20)12-10(15)5-6-11(17)13(12)16/h5-6,9,19H,3-4,7-8,17H2,1-2H3. The Bertz CT molecular complexity index is 476. The van der Waals surface area contributed by atoms with Gasteiger partial charge in [0.25, 0.3) is 5.91 Å². The minimum Gasteiger partial charge on any atom is -0.396 e. The number of amides is 1. The molecular weight excluding hydrogens is 266 g/mol. The molecule has 0 fully saturated rings. The third kappa shape index (κ3) is 3.25. The Morgan fingerprint density at radius 2 is 1.95 bits per heavy atom. The van der Waals surface area contributed by atoms with Gasteiger partial charge in [0.1, 0.15) is 11.4 Å². The lowest BCUT2D eigenvalue weighted by atomic mass is 10.1. The molecule has 0 heterocycles. The molecule has 3 N–H and O–H groups in total. The fourth-order valence-corrected chi connectivity index (χ4v) is 2.20. The number of carbonyl (C=O) groups is 1. The van der Waals surface area contributed by atoms with Crippen molar-refractivity contribution in [3.8, 4) is 0 Å². The monoisotopic (exact) mass is 286 g/mol.